The van der Waals surface area contributed by atoms with Gasteiger partial charge in [0.1, 0.15) is 0 Å². The topological polar surface area (TPSA) is 80.5 Å². The fourth-order valence-corrected chi connectivity index (χ4v) is 9.51. The van der Waals surface area contributed by atoms with Crippen molar-refractivity contribution in [1.82, 2.24) is 15.0 Å². The van der Waals surface area contributed by atoms with E-state index >= 15 is 4.11 Å². The van der Waals surface area contributed by atoms with Crippen LogP contribution in [-0.4, -0.2) is 53.2 Å². The number of carbonyl (C=O) groups excluding carboxylic acids is 1. The molecule has 6 rings (SSSR count). The van der Waals surface area contributed by atoms with Crippen molar-refractivity contribution in [2.24, 2.45) is 5.92 Å². The third kappa shape index (κ3) is 5.34. The average Bonchev–Trinajstić information content (AvgIpc) is 3.62. The molecule has 4 atom stereocenters. The van der Waals surface area contributed by atoms with E-state index in [-0.39, 0.29) is 36.2 Å². The maximum atomic E-state index is 15.6. The van der Waals surface area contributed by atoms with E-state index in [0.29, 0.717) is 19.4 Å². The minimum Gasteiger partial charge on any atom is -0.396 e. The molecule has 1 aromatic heterocycles. The Balaban J connectivity index is 1.15. The summed E-state index contributed by atoms with van der Waals surface area (Å²) < 4.78 is 23.9. The normalized spacial score (nSPS) is 22.3. The van der Waals surface area contributed by atoms with Crippen LogP contribution in [0.4, 0.5) is 15.5 Å². The smallest absolute Gasteiger partial charge is 0.263 e. The van der Waals surface area contributed by atoms with Gasteiger partial charge in [-0.2, -0.15) is 0 Å². The van der Waals surface area contributed by atoms with Crippen molar-refractivity contribution in [1.29, 1.82) is 0 Å². The van der Waals surface area contributed by atoms with E-state index in [1.165, 1.54) is 0 Å². The van der Waals surface area contributed by atoms with Gasteiger partial charge in [0.05, 0.1) is 29.2 Å². The lowest BCUT2D eigenvalue weighted by Gasteiger charge is -2.28. The average molecular weight is 573 g/mol. The monoisotopic (exact) mass is 572 g/mol. The van der Waals surface area contributed by atoms with Gasteiger partial charge in [-0.25, -0.2) is 0 Å². The predicted octanol–water partition coefficient (Wildman–Crippen LogP) is 6.23. The Hall–Kier alpha value is -3.40. The highest BCUT2D eigenvalue weighted by atomic mass is 28.4. The van der Waals surface area contributed by atoms with E-state index in [1.54, 1.807) is 17.8 Å². The molecule has 9 heteroatoms. The second-order valence-corrected chi connectivity index (χ2v) is 15.7. The minimum atomic E-state index is -2.98. The van der Waals surface area contributed by atoms with Gasteiger partial charge in [-0.1, -0.05) is 48.5 Å². The third-order valence-corrected chi connectivity index (χ3v) is 11.2. The summed E-state index contributed by atoms with van der Waals surface area (Å²) in [4.78, 5) is 15.2. The summed E-state index contributed by atoms with van der Waals surface area (Å²) in [7, 11) is -2.98. The van der Waals surface area contributed by atoms with Crippen LogP contribution in [0.3, 0.4) is 0 Å². The summed E-state index contributed by atoms with van der Waals surface area (Å²) in [6.45, 7) is 6.35. The van der Waals surface area contributed by atoms with Gasteiger partial charge in [0.15, 0.2) is 0 Å². The standard InChI is InChI=1S/C32H37FN4O3Si/c1-21-28(40-29(31(21)41(2,3)33)15-17-36-20-24(16-18-38)34-35-36)14-13-22-7-4-10-25(19-22)37-27-12-6-9-23-8-5-11-26(30(23)27)32(37)39/h4-12,19-21,28-29,31,38H,13-18H2,1-3H3/t21-,28+,29-,31+/m1/s1. The zero-order valence-electron chi connectivity index (χ0n) is 23.8. The van der Waals surface area contributed by atoms with E-state index in [0.717, 1.165) is 51.8 Å². The van der Waals surface area contributed by atoms with E-state index in [9.17, 15) is 4.79 Å². The lowest BCUT2D eigenvalue weighted by atomic mass is 9.95. The number of hydrogen-bond donors (Lipinski definition) is 1. The molecule has 214 valence electrons. The summed E-state index contributed by atoms with van der Waals surface area (Å²) in [5, 5.41) is 19.5. The van der Waals surface area contributed by atoms with Crippen LogP contribution in [0.1, 0.15) is 41.4 Å². The van der Waals surface area contributed by atoms with Crippen LogP contribution in [0.2, 0.25) is 18.6 Å². The summed E-state index contributed by atoms with van der Waals surface area (Å²) in [6, 6.07) is 20.1. The highest BCUT2D eigenvalue weighted by molar-refractivity contribution is 6.72. The zero-order chi connectivity index (χ0) is 28.7. The summed E-state index contributed by atoms with van der Waals surface area (Å²) in [5.41, 5.74) is 4.30. The van der Waals surface area contributed by atoms with Gasteiger partial charge in [-0.05, 0) is 73.5 Å². The summed E-state index contributed by atoms with van der Waals surface area (Å²) >= 11 is 0. The lowest BCUT2D eigenvalue weighted by molar-refractivity contribution is 0.0247. The van der Waals surface area contributed by atoms with Crippen LogP contribution in [-0.2, 0) is 24.1 Å². The SMILES string of the molecule is C[C@H]1[C@H]([Si](C)(C)F)[C@@H](CCn2cc(CCO)nn2)O[C@H]1CCc1cccc(N2C(=O)c3cccc4cccc2c34)c1. The largest absolute Gasteiger partial charge is 0.396 e. The number of nitrogens with zero attached hydrogens (tertiary/aromatic N) is 4. The number of aromatic nitrogens is 3. The molecule has 0 bridgehead atoms. The highest BCUT2D eigenvalue weighted by Crippen LogP contribution is 2.47. The fraction of sp³-hybridized carbons (Fsp3) is 0.406. The Morgan fingerprint density at radius 1 is 1.02 bits per heavy atom. The maximum Gasteiger partial charge on any atom is 0.263 e. The first kappa shape index (κ1) is 27.8. The molecule has 0 aliphatic carbocycles. The number of ether oxygens (including phenoxy) is 1. The predicted molar refractivity (Wildman–Crippen MR) is 161 cm³/mol. The second kappa shape index (κ2) is 11.1. The number of benzene rings is 3. The third-order valence-electron chi connectivity index (χ3n) is 8.74. The molecule has 4 aromatic rings. The van der Waals surface area contributed by atoms with Crippen molar-refractivity contribution in [3.63, 3.8) is 0 Å². The van der Waals surface area contributed by atoms with Gasteiger partial charge in [0.2, 0.25) is 8.41 Å². The van der Waals surface area contributed by atoms with Crippen LogP contribution in [0.5, 0.6) is 0 Å². The van der Waals surface area contributed by atoms with Crippen LogP contribution in [0, 0.1) is 5.92 Å². The minimum absolute atomic E-state index is 0.00150. The Labute approximate surface area is 241 Å². The van der Waals surface area contributed by atoms with Gasteiger partial charge < -0.3 is 14.0 Å². The molecular formula is C32H37FN4O3Si. The molecule has 1 saturated heterocycles. The first-order valence-corrected chi connectivity index (χ1v) is 17.5. The fourth-order valence-electron chi connectivity index (χ4n) is 6.92. The molecule has 3 aromatic carbocycles. The molecule has 2 aliphatic rings. The Kier molecular flexibility index (Phi) is 7.52. The highest BCUT2D eigenvalue weighted by Gasteiger charge is 2.50. The Morgan fingerprint density at radius 2 is 1.80 bits per heavy atom. The summed E-state index contributed by atoms with van der Waals surface area (Å²) in [6.07, 6.45) is 4.35. The van der Waals surface area contributed by atoms with E-state index in [1.807, 2.05) is 59.6 Å². The number of amides is 1. The number of anilines is 2. The molecule has 3 heterocycles. The number of hydrogen-bond acceptors (Lipinski definition) is 5. The maximum absolute atomic E-state index is 15.6. The first-order valence-electron chi connectivity index (χ1n) is 14.5. The molecule has 1 fully saturated rings. The number of aliphatic hydroxyl groups excluding tert-OH is 1. The lowest BCUT2D eigenvalue weighted by Crippen LogP contribution is -2.36. The van der Waals surface area contributed by atoms with Gasteiger partial charge in [0, 0.05) is 42.4 Å². The number of aryl methyl sites for hydroxylation is 2. The van der Waals surface area contributed by atoms with Crippen LogP contribution in [0.15, 0.2) is 66.9 Å². The molecular weight excluding hydrogens is 535 g/mol. The van der Waals surface area contributed by atoms with Gasteiger partial charge in [-0.15, -0.1) is 5.10 Å². The van der Waals surface area contributed by atoms with E-state index in [2.05, 4.69) is 29.4 Å². The van der Waals surface area contributed by atoms with Crippen molar-refractivity contribution in [2.75, 3.05) is 11.5 Å². The quantitative estimate of drug-likeness (QED) is 0.180. The van der Waals surface area contributed by atoms with E-state index in [4.69, 9.17) is 9.84 Å². The first-order chi connectivity index (χ1) is 19.7. The Bertz CT molecular complexity index is 1560. The molecule has 41 heavy (non-hydrogen) atoms. The molecule has 0 unspecified atom stereocenters. The number of rotatable bonds is 10. The van der Waals surface area contributed by atoms with Crippen molar-refractivity contribution in [2.45, 2.75) is 70.0 Å². The zero-order valence-corrected chi connectivity index (χ0v) is 24.8. The molecule has 0 saturated carbocycles. The summed E-state index contributed by atoms with van der Waals surface area (Å²) in [5.74, 6) is 0.112. The molecule has 2 aliphatic heterocycles. The molecule has 0 spiro atoms. The van der Waals surface area contributed by atoms with Crippen molar-refractivity contribution in [3.8, 4) is 0 Å². The molecule has 0 radical (unpaired) electrons. The number of aliphatic hydroxyl groups is 1. The number of carbonyl (C=O) groups is 1. The van der Waals surface area contributed by atoms with Gasteiger partial charge >= 0.3 is 0 Å². The number of halogens is 1. The van der Waals surface area contributed by atoms with Crippen LogP contribution >= 0.6 is 0 Å². The molecule has 1 amide bonds. The second-order valence-electron chi connectivity index (χ2n) is 11.9. The van der Waals surface area contributed by atoms with E-state index < -0.39 is 8.41 Å². The van der Waals surface area contributed by atoms with Crippen molar-refractivity contribution in [3.05, 3.63) is 83.7 Å². The van der Waals surface area contributed by atoms with Crippen LogP contribution < -0.4 is 4.90 Å². The van der Waals surface area contributed by atoms with Crippen LogP contribution in [0.25, 0.3) is 10.8 Å². The molecule has 7 nitrogen and oxygen atoms in total. The van der Waals surface area contributed by atoms with Gasteiger partial charge in [0.25, 0.3) is 5.91 Å². The van der Waals surface area contributed by atoms with Gasteiger partial charge in [-0.3, -0.25) is 14.4 Å². The molecule has 1 N–H and O–H groups in total. The van der Waals surface area contributed by atoms with Crippen molar-refractivity contribution < 1.29 is 18.7 Å². The Morgan fingerprint density at radius 3 is 2.59 bits per heavy atom. The van der Waals surface area contributed by atoms with Crippen molar-refractivity contribution >= 4 is 36.5 Å².